The van der Waals surface area contributed by atoms with Gasteiger partial charge in [-0.3, -0.25) is 9.79 Å². The molecule has 1 atom stereocenters. The molecule has 1 heterocycles. The molecular weight excluding hydrogens is 501 g/mol. The second-order valence-electron chi connectivity index (χ2n) is 8.60. The number of hydrogen-bond acceptors (Lipinski definition) is 3. The molecule has 1 aliphatic rings. The molecule has 1 saturated heterocycles. The summed E-state index contributed by atoms with van der Waals surface area (Å²) in [5.74, 6) is 1.47. The van der Waals surface area contributed by atoms with Gasteiger partial charge in [-0.25, -0.2) is 0 Å². The lowest BCUT2D eigenvalue weighted by atomic mass is 10.1. The van der Waals surface area contributed by atoms with Gasteiger partial charge >= 0.3 is 0 Å². The number of carbonyl (C=O) groups excluding carboxylic acids is 1. The van der Waals surface area contributed by atoms with Crippen LogP contribution < -0.4 is 10.6 Å². The van der Waals surface area contributed by atoms with Crippen LogP contribution in [0.15, 0.2) is 35.3 Å². The Hall–Kier alpha value is -1.35. The molecule has 6 nitrogen and oxygen atoms in total. The topological polar surface area (TPSA) is 60.0 Å². The van der Waals surface area contributed by atoms with E-state index in [0.717, 1.165) is 45.0 Å². The minimum Gasteiger partial charge on any atom is -0.356 e. The third-order valence-corrected chi connectivity index (χ3v) is 5.66. The first-order valence-corrected chi connectivity index (χ1v) is 11.5. The highest BCUT2D eigenvalue weighted by Gasteiger charge is 2.29. The highest BCUT2D eigenvalue weighted by molar-refractivity contribution is 14.0. The summed E-state index contributed by atoms with van der Waals surface area (Å²) in [6.45, 7) is 4.56. The van der Waals surface area contributed by atoms with E-state index in [2.05, 4.69) is 58.9 Å². The number of aliphatic imine (C=N–C) groups is 1. The Bertz CT molecular complexity index is 638. The van der Waals surface area contributed by atoms with Gasteiger partial charge in [-0.05, 0) is 45.5 Å². The largest absolute Gasteiger partial charge is 0.356 e. The van der Waals surface area contributed by atoms with Crippen LogP contribution >= 0.6 is 24.0 Å². The van der Waals surface area contributed by atoms with Crippen LogP contribution in [0.3, 0.4) is 0 Å². The number of unbranched alkanes of at least 4 members (excludes halogenated alkanes) is 4. The van der Waals surface area contributed by atoms with E-state index < -0.39 is 0 Å². The molecule has 2 rings (SSSR count). The van der Waals surface area contributed by atoms with Crippen molar-refractivity contribution in [3.63, 3.8) is 0 Å². The summed E-state index contributed by atoms with van der Waals surface area (Å²) in [5.41, 5.74) is 1.29. The fourth-order valence-electron chi connectivity index (χ4n) is 3.87. The number of hydrogen-bond donors (Lipinski definition) is 2. The van der Waals surface area contributed by atoms with Crippen LogP contribution in [0.4, 0.5) is 0 Å². The molecule has 0 aliphatic carbocycles. The lowest BCUT2D eigenvalue weighted by Crippen LogP contribution is -2.40. The van der Waals surface area contributed by atoms with Gasteiger partial charge in [-0.2, -0.15) is 0 Å². The van der Waals surface area contributed by atoms with Gasteiger partial charge in [0.25, 0.3) is 0 Å². The average Bonchev–Trinajstić information content (AvgIpc) is 3.10. The zero-order valence-corrected chi connectivity index (χ0v) is 21.9. The van der Waals surface area contributed by atoms with Gasteiger partial charge in [-0.15, -0.1) is 24.0 Å². The number of nitrogens with one attached hydrogen (secondary N) is 2. The Labute approximate surface area is 206 Å². The molecule has 1 fully saturated rings. The second kappa shape index (κ2) is 16.3. The van der Waals surface area contributed by atoms with Crippen molar-refractivity contribution in [3.8, 4) is 0 Å². The van der Waals surface area contributed by atoms with Gasteiger partial charge in [-0.1, -0.05) is 49.6 Å². The maximum absolute atomic E-state index is 12.3. The molecule has 2 N–H and O–H groups in total. The molecule has 7 heteroatoms. The summed E-state index contributed by atoms with van der Waals surface area (Å²) in [6, 6.07) is 10.4. The quantitative estimate of drug-likeness (QED) is 0.173. The van der Waals surface area contributed by atoms with E-state index in [0.29, 0.717) is 12.3 Å². The second-order valence-corrected chi connectivity index (χ2v) is 8.60. The Morgan fingerprint density at radius 3 is 2.52 bits per heavy atom. The zero-order chi connectivity index (χ0) is 21.6. The van der Waals surface area contributed by atoms with Crippen molar-refractivity contribution in [3.05, 3.63) is 35.9 Å². The summed E-state index contributed by atoms with van der Waals surface area (Å²) >= 11 is 0. The lowest BCUT2D eigenvalue weighted by Gasteiger charge is -2.18. The summed E-state index contributed by atoms with van der Waals surface area (Å²) in [4.78, 5) is 20.9. The fourth-order valence-corrected chi connectivity index (χ4v) is 3.87. The Morgan fingerprint density at radius 1 is 1.10 bits per heavy atom. The minimum atomic E-state index is 0. The SMILES string of the molecule is CN=C(NCCCCCCCN(C)C)NCC1CC(=O)N(CCc2ccccc2)C1.I. The van der Waals surface area contributed by atoms with Crippen LogP contribution in [0.2, 0.25) is 0 Å². The first kappa shape index (κ1) is 27.7. The summed E-state index contributed by atoms with van der Waals surface area (Å²) in [6.07, 6.45) is 7.86. The van der Waals surface area contributed by atoms with Crippen LogP contribution in [0, 0.1) is 5.92 Å². The molecular formula is C24H42IN5O. The zero-order valence-electron chi connectivity index (χ0n) is 19.6. The Morgan fingerprint density at radius 2 is 1.81 bits per heavy atom. The number of rotatable bonds is 13. The molecule has 31 heavy (non-hydrogen) atoms. The van der Waals surface area contributed by atoms with Crippen molar-refractivity contribution < 1.29 is 4.79 Å². The monoisotopic (exact) mass is 543 g/mol. The van der Waals surface area contributed by atoms with Crippen molar-refractivity contribution in [2.45, 2.75) is 44.9 Å². The molecule has 1 aromatic rings. The smallest absolute Gasteiger partial charge is 0.223 e. The highest BCUT2D eigenvalue weighted by atomic mass is 127. The van der Waals surface area contributed by atoms with Gasteiger partial charge in [0.2, 0.25) is 5.91 Å². The van der Waals surface area contributed by atoms with Gasteiger partial charge in [0.05, 0.1) is 0 Å². The summed E-state index contributed by atoms with van der Waals surface area (Å²) < 4.78 is 0. The standard InChI is InChI=1S/C24H41N5O.HI/c1-25-24(26-15-10-5-4-6-11-16-28(2)3)27-19-22-18-23(30)29(20-22)17-14-21-12-8-7-9-13-21;/h7-9,12-13,22H,4-6,10-11,14-20H2,1-3H3,(H2,25,26,27);1H. The molecule has 176 valence electrons. The van der Waals surface area contributed by atoms with E-state index in [1.165, 1.54) is 37.8 Å². The first-order chi connectivity index (χ1) is 14.6. The van der Waals surface area contributed by atoms with Crippen molar-refractivity contribution in [2.75, 3.05) is 53.9 Å². The van der Waals surface area contributed by atoms with E-state index in [1.807, 2.05) is 18.0 Å². The van der Waals surface area contributed by atoms with Crippen LogP contribution in [0.25, 0.3) is 0 Å². The number of carbonyl (C=O) groups is 1. The summed E-state index contributed by atoms with van der Waals surface area (Å²) in [7, 11) is 6.07. The van der Waals surface area contributed by atoms with Crippen molar-refractivity contribution in [2.24, 2.45) is 10.9 Å². The van der Waals surface area contributed by atoms with E-state index in [4.69, 9.17) is 0 Å². The van der Waals surface area contributed by atoms with E-state index in [1.54, 1.807) is 0 Å². The van der Waals surface area contributed by atoms with Crippen LogP contribution in [0.5, 0.6) is 0 Å². The van der Waals surface area contributed by atoms with Crippen molar-refractivity contribution >= 4 is 35.8 Å². The van der Waals surface area contributed by atoms with Crippen molar-refractivity contribution in [1.29, 1.82) is 0 Å². The molecule has 1 amide bonds. The van der Waals surface area contributed by atoms with E-state index in [9.17, 15) is 4.79 Å². The lowest BCUT2D eigenvalue weighted by molar-refractivity contribution is -0.127. The van der Waals surface area contributed by atoms with Crippen LogP contribution in [-0.4, -0.2) is 75.5 Å². The van der Waals surface area contributed by atoms with Crippen LogP contribution in [-0.2, 0) is 11.2 Å². The Balaban J connectivity index is 0.00000480. The predicted molar refractivity (Wildman–Crippen MR) is 141 cm³/mol. The van der Waals surface area contributed by atoms with Gasteiger partial charge in [0, 0.05) is 45.6 Å². The fraction of sp³-hybridized carbons (Fsp3) is 0.667. The molecule has 0 aromatic heterocycles. The molecule has 0 radical (unpaired) electrons. The maximum Gasteiger partial charge on any atom is 0.223 e. The number of nitrogens with zero attached hydrogens (tertiary/aromatic N) is 3. The molecule has 1 unspecified atom stereocenters. The number of benzene rings is 1. The Kier molecular flexibility index (Phi) is 14.6. The third kappa shape index (κ3) is 11.7. The van der Waals surface area contributed by atoms with Gasteiger partial charge in [0.1, 0.15) is 0 Å². The molecule has 0 bridgehead atoms. The highest BCUT2D eigenvalue weighted by Crippen LogP contribution is 2.17. The minimum absolute atomic E-state index is 0. The molecule has 1 aromatic carbocycles. The number of amides is 1. The van der Waals surface area contributed by atoms with E-state index in [-0.39, 0.29) is 29.9 Å². The van der Waals surface area contributed by atoms with Crippen LogP contribution in [0.1, 0.15) is 44.1 Å². The number of likely N-dealkylation sites (tertiary alicyclic amines) is 1. The molecule has 1 aliphatic heterocycles. The average molecular weight is 544 g/mol. The van der Waals surface area contributed by atoms with Gasteiger partial charge < -0.3 is 20.4 Å². The maximum atomic E-state index is 12.3. The molecule has 0 spiro atoms. The van der Waals surface area contributed by atoms with Gasteiger partial charge in [0.15, 0.2) is 5.96 Å². The first-order valence-electron chi connectivity index (χ1n) is 11.5. The number of halogens is 1. The summed E-state index contributed by atoms with van der Waals surface area (Å²) in [5, 5.41) is 6.81. The van der Waals surface area contributed by atoms with Crippen molar-refractivity contribution in [1.82, 2.24) is 20.4 Å². The normalized spacial score (nSPS) is 16.5. The predicted octanol–water partition coefficient (Wildman–Crippen LogP) is 3.37. The molecule has 0 saturated carbocycles. The third-order valence-electron chi connectivity index (χ3n) is 5.66. The number of guanidine groups is 1. The van der Waals surface area contributed by atoms with E-state index >= 15 is 0 Å².